The molecule has 0 amide bonds. The molecule has 0 fully saturated rings. The number of non-ortho nitro benzene ring substituents is 2. The van der Waals surface area contributed by atoms with Gasteiger partial charge in [-0.15, -0.1) is 0 Å². The normalized spacial score (nSPS) is 12.9. The van der Waals surface area contributed by atoms with Crippen molar-refractivity contribution in [3.63, 3.8) is 0 Å². The van der Waals surface area contributed by atoms with Gasteiger partial charge in [-0.05, 0) is 23.6 Å². The molecule has 0 bridgehead atoms. The number of rotatable bonds is 7. The smallest absolute Gasteiger partial charge is 0.339 e. The van der Waals surface area contributed by atoms with Crippen LogP contribution in [0.5, 0.6) is 0 Å². The SMILES string of the molecule is CCCCOC(=O)c1cc([N+](=O)[O-])cc2c1-c1ccc([N+](=O)[O-])cc1/C2=C(/C#N)N(C)C. The Kier molecular flexibility index (Phi) is 6.20. The van der Waals surface area contributed by atoms with E-state index < -0.39 is 15.8 Å². The summed E-state index contributed by atoms with van der Waals surface area (Å²) < 4.78 is 5.31. The molecule has 2 aromatic carbocycles. The van der Waals surface area contributed by atoms with Crippen molar-refractivity contribution in [1.82, 2.24) is 4.90 Å². The number of hydrogen-bond acceptors (Lipinski definition) is 8. The second-order valence-corrected chi connectivity index (χ2v) is 7.38. The molecule has 0 saturated carbocycles. The van der Waals surface area contributed by atoms with E-state index in [9.17, 15) is 30.3 Å². The maximum absolute atomic E-state index is 12.9. The summed E-state index contributed by atoms with van der Waals surface area (Å²) in [5.74, 6) is -0.729. The molecular weight excluding hydrogens is 416 g/mol. The Morgan fingerprint density at radius 2 is 1.72 bits per heavy atom. The highest BCUT2D eigenvalue weighted by atomic mass is 16.6. The first-order chi connectivity index (χ1) is 15.2. The largest absolute Gasteiger partial charge is 0.462 e. The van der Waals surface area contributed by atoms with E-state index in [2.05, 4.69) is 6.07 Å². The van der Waals surface area contributed by atoms with E-state index in [0.717, 1.165) is 12.5 Å². The van der Waals surface area contributed by atoms with E-state index >= 15 is 0 Å². The zero-order valence-corrected chi connectivity index (χ0v) is 17.7. The molecule has 2 aromatic rings. The van der Waals surface area contributed by atoms with Crippen molar-refractivity contribution in [3.05, 3.63) is 72.9 Å². The van der Waals surface area contributed by atoms with Gasteiger partial charge in [0.2, 0.25) is 0 Å². The minimum atomic E-state index is -0.729. The van der Waals surface area contributed by atoms with Crippen LogP contribution < -0.4 is 0 Å². The lowest BCUT2D eigenvalue weighted by atomic mass is 9.97. The minimum Gasteiger partial charge on any atom is -0.462 e. The van der Waals surface area contributed by atoms with Crippen molar-refractivity contribution in [2.75, 3.05) is 20.7 Å². The molecule has 0 spiro atoms. The van der Waals surface area contributed by atoms with Gasteiger partial charge in [-0.1, -0.05) is 13.3 Å². The Morgan fingerprint density at radius 3 is 2.28 bits per heavy atom. The third kappa shape index (κ3) is 3.88. The van der Waals surface area contributed by atoms with Crippen molar-refractivity contribution in [3.8, 4) is 17.2 Å². The van der Waals surface area contributed by atoms with Gasteiger partial charge in [0.05, 0.1) is 22.0 Å². The van der Waals surface area contributed by atoms with E-state index in [1.54, 1.807) is 14.1 Å². The maximum Gasteiger partial charge on any atom is 0.339 e. The molecule has 1 aliphatic rings. The van der Waals surface area contributed by atoms with Crippen LogP contribution in [-0.2, 0) is 4.74 Å². The van der Waals surface area contributed by atoms with Crippen molar-refractivity contribution < 1.29 is 19.4 Å². The first-order valence-corrected chi connectivity index (χ1v) is 9.82. The van der Waals surface area contributed by atoms with Crippen molar-refractivity contribution in [1.29, 1.82) is 5.26 Å². The number of carbonyl (C=O) groups is 1. The number of ether oxygens (including phenoxy) is 1. The van der Waals surface area contributed by atoms with Gasteiger partial charge in [0, 0.05) is 55.1 Å². The molecule has 0 unspecified atom stereocenters. The van der Waals surface area contributed by atoms with Crippen LogP contribution in [0.25, 0.3) is 16.7 Å². The number of nitrogens with zero attached hydrogens (tertiary/aromatic N) is 4. The summed E-state index contributed by atoms with van der Waals surface area (Å²) in [7, 11) is 3.25. The van der Waals surface area contributed by atoms with Gasteiger partial charge < -0.3 is 9.64 Å². The molecule has 0 saturated heterocycles. The number of esters is 1. The van der Waals surface area contributed by atoms with Gasteiger partial charge in [0.25, 0.3) is 11.4 Å². The molecule has 0 aliphatic heterocycles. The predicted molar refractivity (Wildman–Crippen MR) is 116 cm³/mol. The molecule has 3 rings (SSSR count). The lowest BCUT2D eigenvalue weighted by Crippen LogP contribution is -2.12. The van der Waals surface area contributed by atoms with E-state index in [0.29, 0.717) is 23.1 Å². The highest BCUT2D eigenvalue weighted by molar-refractivity contribution is 6.11. The van der Waals surface area contributed by atoms with Crippen LogP contribution in [0.4, 0.5) is 11.4 Å². The lowest BCUT2D eigenvalue weighted by Gasteiger charge is -2.15. The quantitative estimate of drug-likeness (QED) is 0.176. The van der Waals surface area contributed by atoms with Crippen LogP contribution in [0.1, 0.15) is 41.3 Å². The van der Waals surface area contributed by atoms with E-state index in [1.807, 2.05) is 6.92 Å². The number of unbranched alkanes of at least 4 members (excludes halogenated alkanes) is 1. The molecule has 0 N–H and O–H groups in total. The fourth-order valence-electron chi connectivity index (χ4n) is 3.62. The van der Waals surface area contributed by atoms with Crippen LogP contribution in [-0.4, -0.2) is 41.4 Å². The summed E-state index contributed by atoms with van der Waals surface area (Å²) in [5, 5.41) is 32.8. The molecular formula is C22H20N4O6. The maximum atomic E-state index is 12.9. The minimum absolute atomic E-state index is 0.0218. The van der Waals surface area contributed by atoms with Crippen molar-refractivity contribution in [2.45, 2.75) is 19.8 Å². The number of nitro groups is 2. The molecule has 0 aromatic heterocycles. The number of hydrogen-bond donors (Lipinski definition) is 0. The third-order valence-electron chi connectivity index (χ3n) is 5.10. The van der Waals surface area contributed by atoms with Crippen molar-refractivity contribution in [2.24, 2.45) is 0 Å². The van der Waals surface area contributed by atoms with Gasteiger partial charge in [0.1, 0.15) is 11.8 Å². The average Bonchev–Trinajstić information content (AvgIpc) is 3.07. The van der Waals surface area contributed by atoms with Gasteiger partial charge in [-0.25, -0.2) is 4.79 Å². The molecule has 0 atom stereocenters. The monoisotopic (exact) mass is 436 g/mol. The highest BCUT2D eigenvalue weighted by Gasteiger charge is 2.35. The predicted octanol–water partition coefficient (Wildman–Crippen LogP) is 4.28. The van der Waals surface area contributed by atoms with E-state index in [4.69, 9.17) is 4.74 Å². The Balaban J connectivity index is 2.39. The average molecular weight is 436 g/mol. The topological polar surface area (TPSA) is 140 Å². The molecule has 0 heterocycles. The summed E-state index contributed by atoms with van der Waals surface area (Å²) >= 11 is 0. The molecule has 32 heavy (non-hydrogen) atoms. The summed E-state index contributed by atoms with van der Waals surface area (Å²) in [6, 6.07) is 8.57. The molecule has 1 aliphatic carbocycles. The second kappa shape index (κ2) is 8.85. The molecule has 10 heteroatoms. The number of nitro benzene ring substituents is 2. The van der Waals surface area contributed by atoms with Crippen LogP contribution in [0.3, 0.4) is 0 Å². The number of allylic oxidation sites excluding steroid dienone is 1. The molecule has 164 valence electrons. The Morgan fingerprint density at radius 1 is 1.06 bits per heavy atom. The standard InChI is InChI=1S/C22H20N4O6/c1-4-5-8-32-22(27)18-11-14(26(30)31)10-17-20(18)15-7-6-13(25(28)29)9-16(15)21(17)19(12-23)24(2)3/h6-7,9-11H,4-5,8H2,1-3H3/b21-19+. The molecule has 10 nitrogen and oxygen atoms in total. The van der Waals surface area contributed by atoms with Crippen LogP contribution in [0.2, 0.25) is 0 Å². The first-order valence-electron chi connectivity index (χ1n) is 9.82. The van der Waals surface area contributed by atoms with E-state index in [1.165, 1.54) is 29.2 Å². The second-order valence-electron chi connectivity index (χ2n) is 7.38. The number of nitriles is 1. The highest BCUT2D eigenvalue weighted by Crippen LogP contribution is 2.50. The lowest BCUT2D eigenvalue weighted by molar-refractivity contribution is -0.385. The van der Waals surface area contributed by atoms with Crippen LogP contribution in [0, 0.1) is 31.6 Å². The summed E-state index contributed by atoms with van der Waals surface area (Å²) in [4.78, 5) is 36.2. The Labute approximate surface area is 183 Å². The fraction of sp³-hybridized carbons (Fsp3) is 0.273. The van der Waals surface area contributed by atoms with Crippen LogP contribution in [0.15, 0.2) is 36.0 Å². The van der Waals surface area contributed by atoms with Crippen molar-refractivity contribution >= 4 is 22.9 Å². The number of fused-ring (bicyclic) bond motifs is 3. The fourth-order valence-corrected chi connectivity index (χ4v) is 3.62. The summed E-state index contributed by atoms with van der Waals surface area (Å²) in [6.45, 7) is 2.09. The van der Waals surface area contributed by atoms with Gasteiger partial charge in [-0.3, -0.25) is 20.2 Å². The van der Waals surface area contributed by atoms with Gasteiger partial charge in [-0.2, -0.15) is 5.26 Å². The number of carbonyl (C=O) groups excluding carboxylic acids is 1. The zero-order chi connectivity index (χ0) is 23.6. The Hall–Kier alpha value is -4.26. The first kappa shape index (κ1) is 22.4. The summed E-state index contributed by atoms with van der Waals surface area (Å²) in [6.07, 6.45) is 1.43. The number of benzene rings is 2. The summed E-state index contributed by atoms with van der Waals surface area (Å²) in [5.41, 5.74) is 1.32. The van der Waals surface area contributed by atoms with E-state index in [-0.39, 0.29) is 40.4 Å². The molecule has 0 radical (unpaired) electrons. The Bertz CT molecular complexity index is 1210. The zero-order valence-electron chi connectivity index (χ0n) is 17.7. The van der Waals surface area contributed by atoms with Gasteiger partial charge >= 0.3 is 5.97 Å². The van der Waals surface area contributed by atoms with Gasteiger partial charge in [0.15, 0.2) is 0 Å². The van der Waals surface area contributed by atoms with Crippen LogP contribution >= 0.6 is 0 Å². The third-order valence-corrected chi connectivity index (χ3v) is 5.10.